The summed E-state index contributed by atoms with van der Waals surface area (Å²) in [5.41, 5.74) is -0.895. The van der Waals surface area contributed by atoms with Gasteiger partial charge in [-0.15, -0.1) is 0 Å². The van der Waals surface area contributed by atoms with Gasteiger partial charge in [0.1, 0.15) is 0 Å². The first-order valence-electron chi connectivity index (χ1n) is 5.54. The second-order valence-corrected chi connectivity index (χ2v) is 4.82. The Bertz CT molecular complexity index is 173. The fourth-order valence-electron chi connectivity index (χ4n) is 2.48. The van der Waals surface area contributed by atoms with E-state index in [1.165, 1.54) is 0 Å². The largest absolute Gasteiger partial charge is 0.393 e. The van der Waals surface area contributed by atoms with Crippen LogP contribution in [0.2, 0.25) is 0 Å². The summed E-state index contributed by atoms with van der Waals surface area (Å²) in [5, 5.41) is 29.3. The standard InChI is InChI=1S/C11H22O3/c1-8(7-9(2)12)10(13)11(14)5-3-4-6-11/h8-10,12-14H,3-7H2,1-2H3. The monoisotopic (exact) mass is 202 g/mol. The average molecular weight is 202 g/mol. The minimum atomic E-state index is -0.895. The van der Waals surface area contributed by atoms with Gasteiger partial charge in [-0.2, -0.15) is 0 Å². The molecule has 0 spiro atoms. The summed E-state index contributed by atoms with van der Waals surface area (Å²) in [6, 6.07) is 0. The molecule has 0 aromatic heterocycles. The van der Waals surface area contributed by atoms with E-state index in [0.717, 1.165) is 12.8 Å². The molecule has 3 unspecified atom stereocenters. The van der Waals surface area contributed by atoms with Crippen LogP contribution in [-0.2, 0) is 0 Å². The lowest BCUT2D eigenvalue weighted by molar-refractivity contribution is -0.0984. The number of aliphatic hydroxyl groups excluding tert-OH is 2. The molecule has 0 aromatic carbocycles. The highest BCUT2D eigenvalue weighted by atomic mass is 16.3. The molecule has 1 rings (SSSR count). The van der Waals surface area contributed by atoms with Gasteiger partial charge in [-0.3, -0.25) is 0 Å². The highest BCUT2D eigenvalue weighted by Crippen LogP contribution is 2.36. The fraction of sp³-hybridized carbons (Fsp3) is 1.00. The van der Waals surface area contributed by atoms with Gasteiger partial charge in [0.25, 0.3) is 0 Å². The van der Waals surface area contributed by atoms with Crippen molar-refractivity contribution >= 4 is 0 Å². The molecule has 84 valence electrons. The molecular formula is C11H22O3. The molecule has 0 aliphatic heterocycles. The van der Waals surface area contributed by atoms with E-state index in [2.05, 4.69) is 0 Å². The maximum absolute atomic E-state index is 10.1. The molecule has 1 saturated carbocycles. The van der Waals surface area contributed by atoms with Gasteiger partial charge in [-0.25, -0.2) is 0 Å². The van der Waals surface area contributed by atoms with Crippen molar-refractivity contribution in [3.8, 4) is 0 Å². The summed E-state index contributed by atoms with van der Waals surface area (Å²) in [7, 11) is 0. The van der Waals surface area contributed by atoms with Crippen molar-refractivity contribution in [2.24, 2.45) is 5.92 Å². The van der Waals surface area contributed by atoms with Crippen LogP contribution in [0.3, 0.4) is 0 Å². The number of rotatable bonds is 4. The molecule has 3 nitrogen and oxygen atoms in total. The van der Waals surface area contributed by atoms with Crippen LogP contribution in [0.5, 0.6) is 0 Å². The van der Waals surface area contributed by atoms with Gasteiger partial charge in [0, 0.05) is 0 Å². The predicted octanol–water partition coefficient (Wildman–Crippen LogP) is 1.06. The van der Waals surface area contributed by atoms with Gasteiger partial charge in [-0.05, 0) is 32.1 Å². The molecule has 0 saturated heterocycles. The molecule has 0 heterocycles. The molecule has 0 bridgehead atoms. The van der Waals surface area contributed by atoms with E-state index in [0.29, 0.717) is 19.3 Å². The highest BCUT2D eigenvalue weighted by molar-refractivity contribution is 4.93. The van der Waals surface area contributed by atoms with Gasteiger partial charge in [0.2, 0.25) is 0 Å². The van der Waals surface area contributed by atoms with Crippen molar-refractivity contribution < 1.29 is 15.3 Å². The third-order valence-corrected chi connectivity index (χ3v) is 3.27. The first-order chi connectivity index (χ1) is 6.46. The first kappa shape index (κ1) is 12.0. The van der Waals surface area contributed by atoms with E-state index in [1.807, 2.05) is 6.92 Å². The number of hydrogen-bond acceptors (Lipinski definition) is 3. The summed E-state index contributed by atoms with van der Waals surface area (Å²) >= 11 is 0. The van der Waals surface area contributed by atoms with Crippen molar-refractivity contribution in [1.82, 2.24) is 0 Å². The minimum Gasteiger partial charge on any atom is -0.393 e. The number of aliphatic hydroxyl groups is 3. The normalized spacial score (nSPS) is 27.2. The first-order valence-corrected chi connectivity index (χ1v) is 5.54. The lowest BCUT2D eigenvalue weighted by Crippen LogP contribution is -2.44. The quantitative estimate of drug-likeness (QED) is 0.639. The topological polar surface area (TPSA) is 60.7 Å². The van der Waals surface area contributed by atoms with Crippen LogP contribution >= 0.6 is 0 Å². The summed E-state index contributed by atoms with van der Waals surface area (Å²) in [5.74, 6) is -0.0434. The fourth-order valence-corrected chi connectivity index (χ4v) is 2.48. The molecule has 3 heteroatoms. The molecule has 1 aliphatic rings. The molecule has 14 heavy (non-hydrogen) atoms. The lowest BCUT2D eigenvalue weighted by atomic mass is 9.84. The summed E-state index contributed by atoms with van der Waals surface area (Å²) < 4.78 is 0. The van der Waals surface area contributed by atoms with E-state index in [9.17, 15) is 15.3 Å². The Balaban J connectivity index is 2.50. The van der Waals surface area contributed by atoms with Gasteiger partial charge in [-0.1, -0.05) is 19.8 Å². The average Bonchev–Trinajstić information content (AvgIpc) is 2.51. The maximum Gasteiger partial charge on any atom is 0.0908 e. The maximum atomic E-state index is 10.1. The highest BCUT2D eigenvalue weighted by Gasteiger charge is 2.41. The van der Waals surface area contributed by atoms with E-state index < -0.39 is 17.8 Å². The van der Waals surface area contributed by atoms with Gasteiger partial charge in [0.15, 0.2) is 0 Å². The van der Waals surface area contributed by atoms with E-state index in [4.69, 9.17) is 0 Å². The molecule has 0 radical (unpaired) electrons. The lowest BCUT2D eigenvalue weighted by Gasteiger charge is -2.33. The van der Waals surface area contributed by atoms with E-state index in [1.54, 1.807) is 6.92 Å². The Morgan fingerprint density at radius 1 is 1.14 bits per heavy atom. The second-order valence-electron chi connectivity index (χ2n) is 4.82. The zero-order chi connectivity index (χ0) is 10.8. The van der Waals surface area contributed by atoms with Crippen LogP contribution in [0.1, 0.15) is 46.0 Å². The molecular weight excluding hydrogens is 180 g/mol. The summed E-state index contributed by atoms with van der Waals surface area (Å²) in [6.45, 7) is 3.59. The Kier molecular flexibility index (Phi) is 3.93. The van der Waals surface area contributed by atoms with Crippen LogP contribution in [0, 0.1) is 5.92 Å². The SMILES string of the molecule is CC(O)CC(C)C(O)C1(O)CCCC1. The molecule has 3 atom stereocenters. The van der Waals surface area contributed by atoms with Crippen LogP contribution in [-0.4, -0.2) is 33.1 Å². The van der Waals surface area contributed by atoms with Gasteiger partial charge >= 0.3 is 0 Å². The Hall–Kier alpha value is -0.120. The molecule has 1 aliphatic carbocycles. The van der Waals surface area contributed by atoms with Crippen molar-refractivity contribution in [3.05, 3.63) is 0 Å². The van der Waals surface area contributed by atoms with Crippen LogP contribution < -0.4 is 0 Å². The minimum absolute atomic E-state index is 0.0434. The third-order valence-electron chi connectivity index (χ3n) is 3.27. The number of hydrogen-bond donors (Lipinski definition) is 3. The van der Waals surface area contributed by atoms with Crippen LogP contribution in [0.4, 0.5) is 0 Å². The van der Waals surface area contributed by atoms with Crippen molar-refractivity contribution in [2.45, 2.75) is 63.8 Å². The van der Waals surface area contributed by atoms with Gasteiger partial charge < -0.3 is 15.3 Å². The second kappa shape index (κ2) is 4.60. The Labute approximate surface area is 85.8 Å². The van der Waals surface area contributed by atoms with Crippen molar-refractivity contribution in [2.75, 3.05) is 0 Å². The van der Waals surface area contributed by atoms with E-state index in [-0.39, 0.29) is 5.92 Å². The Morgan fingerprint density at radius 2 is 1.64 bits per heavy atom. The predicted molar refractivity (Wildman–Crippen MR) is 54.9 cm³/mol. The summed E-state index contributed by atoms with van der Waals surface area (Å²) in [6.07, 6.45) is 2.81. The zero-order valence-electron chi connectivity index (χ0n) is 9.11. The smallest absolute Gasteiger partial charge is 0.0908 e. The summed E-state index contributed by atoms with van der Waals surface area (Å²) in [4.78, 5) is 0. The zero-order valence-corrected chi connectivity index (χ0v) is 9.11. The van der Waals surface area contributed by atoms with Crippen molar-refractivity contribution in [3.63, 3.8) is 0 Å². The molecule has 0 amide bonds. The Morgan fingerprint density at radius 3 is 2.07 bits per heavy atom. The van der Waals surface area contributed by atoms with E-state index >= 15 is 0 Å². The molecule has 3 N–H and O–H groups in total. The van der Waals surface area contributed by atoms with Gasteiger partial charge in [0.05, 0.1) is 17.8 Å². The van der Waals surface area contributed by atoms with Crippen LogP contribution in [0.25, 0.3) is 0 Å². The molecule has 1 fully saturated rings. The third kappa shape index (κ3) is 2.69. The van der Waals surface area contributed by atoms with Crippen molar-refractivity contribution in [1.29, 1.82) is 0 Å². The molecule has 0 aromatic rings. The van der Waals surface area contributed by atoms with Crippen LogP contribution in [0.15, 0.2) is 0 Å².